The molecule has 0 aliphatic carbocycles. The maximum absolute atomic E-state index is 14.9. The number of benzene rings is 1. The fourth-order valence-electron chi connectivity index (χ4n) is 2.06. The number of halogens is 2. The van der Waals surface area contributed by atoms with E-state index in [1.54, 1.807) is 12.1 Å². The zero-order valence-corrected chi connectivity index (χ0v) is 16.0. The highest BCUT2D eigenvalue weighted by Crippen LogP contribution is 2.31. The van der Waals surface area contributed by atoms with Crippen molar-refractivity contribution in [3.8, 4) is 11.6 Å². The third-order valence-corrected chi connectivity index (χ3v) is 3.98. The lowest BCUT2D eigenvalue weighted by atomic mass is 10.1. The number of nitrogens with zero attached hydrogens (tertiary/aromatic N) is 1. The molecule has 2 aromatic rings. The molecule has 1 aromatic carbocycles. The molecule has 0 aliphatic heterocycles. The summed E-state index contributed by atoms with van der Waals surface area (Å²) in [5, 5.41) is 0. The Morgan fingerprint density at radius 1 is 1.23 bits per heavy atom. The van der Waals surface area contributed by atoms with Gasteiger partial charge in [-0.3, -0.25) is 0 Å². The molecule has 0 N–H and O–H groups in total. The van der Waals surface area contributed by atoms with E-state index in [9.17, 15) is 9.18 Å². The van der Waals surface area contributed by atoms with Crippen LogP contribution in [-0.4, -0.2) is 39.1 Å². The fourth-order valence-corrected chi connectivity index (χ4v) is 2.39. The van der Waals surface area contributed by atoms with E-state index in [4.69, 9.17) is 14.2 Å². The van der Waals surface area contributed by atoms with Gasteiger partial charge in [0.15, 0.2) is 6.79 Å². The Balaban J connectivity index is 2.46. The lowest BCUT2D eigenvalue weighted by molar-refractivity contribution is 0.0501. The van der Waals surface area contributed by atoms with E-state index in [0.29, 0.717) is 16.0 Å². The van der Waals surface area contributed by atoms with Crippen LogP contribution in [-0.2, 0) is 9.47 Å². The standard InChI is InChI=1S/C18H17BrFNO5/c1-23-10-26-16-8-11(18(22)25-3)4-5-12(16)14(20)9-15-13(19)6-7-17(21-15)24-2/h4-9H,10H2,1-3H3. The molecular weight excluding hydrogens is 409 g/mol. The molecule has 0 amide bonds. The highest BCUT2D eigenvalue weighted by molar-refractivity contribution is 9.10. The Morgan fingerprint density at radius 3 is 2.65 bits per heavy atom. The molecule has 0 atom stereocenters. The normalized spacial score (nSPS) is 11.2. The van der Waals surface area contributed by atoms with Crippen molar-refractivity contribution in [2.45, 2.75) is 0 Å². The number of methoxy groups -OCH3 is 3. The minimum atomic E-state index is -0.603. The van der Waals surface area contributed by atoms with Crippen molar-refractivity contribution in [2.75, 3.05) is 28.1 Å². The van der Waals surface area contributed by atoms with E-state index in [-0.39, 0.29) is 23.7 Å². The van der Waals surface area contributed by atoms with E-state index in [0.717, 1.165) is 0 Å². The molecule has 0 aliphatic rings. The molecule has 2 rings (SSSR count). The summed E-state index contributed by atoms with van der Waals surface area (Å²) in [5.74, 6) is -0.666. The number of carbonyl (C=O) groups excluding carboxylic acids is 1. The number of hydrogen-bond acceptors (Lipinski definition) is 6. The van der Waals surface area contributed by atoms with Crippen LogP contribution in [0.1, 0.15) is 21.6 Å². The van der Waals surface area contributed by atoms with Gasteiger partial charge in [-0.05, 0) is 40.2 Å². The van der Waals surface area contributed by atoms with Gasteiger partial charge >= 0.3 is 5.97 Å². The number of carbonyl (C=O) groups is 1. The first-order valence-corrected chi connectivity index (χ1v) is 8.21. The Morgan fingerprint density at radius 2 is 2.00 bits per heavy atom. The van der Waals surface area contributed by atoms with Gasteiger partial charge in [-0.1, -0.05) is 0 Å². The van der Waals surface area contributed by atoms with Crippen LogP contribution in [0, 0.1) is 0 Å². The van der Waals surface area contributed by atoms with Gasteiger partial charge in [0.05, 0.1) is 31.0 Å². The molecule has 138 valence electrons. The second-order valence-electron chi connectivity index (χ2n) is 4.97. The Bertz CT molecular complexity index is 825. The first-order valence-electron chi connectivity index (χ1n) is 7.42. The zero-order chi connectivity index (χ0) is 19.1. The van der Waals surface area contributed by atoms with Crippen LogP contribution >= 0.6 is 15.9 Å². The largest absolute Gasteiger partial charge is 0.481 e. The number of pyridine rings is 1. The van der Waals surface area contributed by atoms with E-state index in [2.05, 4.69) is 25.7 Å². The van der Waals surface area contributed by atoms with Crippen LogP contribution in [0.5, 0.6) is 11.6 Å². The van der Waals surface area contributed by atoms with Crippen LogP contribution in [0.2, 0.25) is 0 Å². The lowest BCUT2D eigenvalue weighted by Gasteiger charge is -2.11. The second kappa shape index (κ2) is 9.30. The smallest absolute Gasteiger partial charge is 0.337 e. The van der Waals surface area contributed by atoms with E-state index in [1.807, 2.05) is 0 Å². The van der Waals surface area contributed by atoms with Gasteiger partial charge in [-0.25, -0.2) is 14.2 Å². The summed E-state index contributed by atoms with van der Waals surface area (Å²) >= 11 is 3.32. The number of aromatic nitrogens is 1. The maximum atomic E-state index is 14.9. The number of esters is 1. The van der Waals surface area contributed by atoms with E-state index in [1.165, 1.54) is 45.6 Å². The molecule has 26 heavy (non-hydrogen) atoms. The Labute approximate surface area is 158 Å². The van der Waals surface area contributed by atoms with E-state index < -0.39 is 11.8 Å². The summed E-state index contributed by atoms with van der Waals surface area (Å²) in [7, 11) is 4.17. The highest BCUT2D eigenvalue weighted by Gasteiger charge is 2.15. The second-order valence-corrected chi connectivity index (χ2v) is 5.82. The quantitative estimate of drug-likeness (QED) is 0.491. The van der Waals surface area contributed by atoms with E-state index >= 15 is 0 Å². The monoisotopic (exact) mass is 425 g/mol. The molecular formula is C18H17BrFNO5. The van der Waals surface area contributed by atoms with Crippen molar-refractivity contribution in [1.82, 2.24) is 4.98 Å². The average Bonchev–Trinajstić information content (AvgIpc) is 2.67. The Kier molecular flexibility index (Phi) is 7.11. The molecule has 0 bridgehead atoms. The number of hydrogen-bond donors (Lipinski definition) is 0. The summed E-state index contributed by atoms with van der Waals surface area (Å²) < 4.78 is 35.4. The predicted octanol–water partition coefficient (Wildman–Crippen LogP) is 4.09. The van der Waals surface area contributed by atoms with Crippen LogP contribution < -0.4 is 9.47 Å². The molecule has 0 unspecified atom stereocenters. The van der Waals surface area contributed by atoms with Gasteiger partial charge < -0.3 is 18.9 Å². The third kappa shape index (κ3) is 4.80. The molecule has 0 fully saturated rings. The zero-order valence-electron chi connectivity index (χ0n) is 14.4. The molecule has 0 radical (unpaired) electrons. The summed E-state index contributed by atoms with van der Waals surface area (Å²) in [6.45, 7) is -0.105. The number of ether oxygens (including phenoxy) is 4. The molecule has 1 aromatic heterocycles. The number of rotatable bonds is 7. The molecule has 0 saturated heterocycles. The summed E-state index contributed by atoms with van der Waals surface area (Å²) in [6.07, 6.45) is 1.24. The predicted molar refractivity (Wildman–Crippen MR) is 97.8 cm³/mol. The first kappa shape index (κ1) is 19.9. The van der Waals surface area contributed by atoms with Crippen LogP contribution in [0.4, 0.5) is 4.39 Å². The third-order valence-electron chi connectivity index (χ3n) is 3.31. The van der Waals surface area contributed by atoms with Crippen molar-refractivity contribution in [3.63, 3.8) is 0 Å². The van der Waals surface area contributed by atoms with Gasteiger partial charge in [-0.2, -0.15) is 0 Å². The van der Waals surface area contributed by atoms with Crippen LogP contribution in [0.15, 0.2) is 34.8 Å². The van der Waals surface area contributed by atoms with Crippen LogP contribution in [0.25, 0.3) is 11.9 Å². The fraction of sp³-hybridized carbons (Fsp3) is 0.222. The minimum absolute atomic E-state index is 0.105. The highest BCUT2D eigenvalue weighted by atomic mass is 79.9. The Hall–Kier alpha value is -2.45. The van der Waals surface area contributed by atoms with Crippen molar-refractivity contribution < 1.29 is 28.1 Å². The van der Waals surface area contributed by atoms with Gasteiger partial charge in [0.2, 0.25) is 5.88 Å². The summed E-state index contributed by atoms with van der Waals surface area (Å²) in [4.78, 5) is 15.9. The molecule has 6 nitrogen and oxygen atoms in total. The molecule has 0 saturated carbocycles. The van der Waals surface area contributed by atoms with Crippen LogP contribution in [0.3, 0.4) is 0 Å². The van der Waals surface area contributed by atoms with Crippen molar-refractivity contribution in [2.24, 2.45) is 0 Å². The van der Waals surface area contributed by atoms with Crippen molar-refractivity contribution >= 4 is 33.8 Å². The average molecular weight is 426 g/mol. The summed E-state index contributed by atoms with van der Waals surface area (Å²) in [5.41, 5.74) is 0.721. The minimum Gasteiger partial charge on any atom is -0.481 e. The van der Waals surface area contributed by atoms with Gasteiger partial charge in [0.25, 0.3) is 0 Å². The molecule has 1 heterocycles. The van der Waals surface area contributed by atoms with Crippen molar-refractivity contribution in [1.29, 1.82) is 0 Å². The van der Waals surface area contributed by atoms with Gasteiger partial charge in [-0.15, -0.1) is 0 Å². The molecule has 0 spiro atoms. The lowest BCUT2D eigenvalue weighted by Crippen LogP contribution is -2.05. The SMILES string of the molecule is COCOc1cc(C(=O)OC)ccc1C(F)=Cc1nc(OC)ccc1Br. The molecule has 8 heteroatoms. The van der Waals surface area contributed by atoms with Crippen molar-refractivity contribution in [3.05, 3.63) is 51.6 Å². The van der Waals surface area contributed by atoms with Gasteiger partial charge in [0.1, 0.15) is 11.6 Å². The first-order chi connectivity index (χ1) is 12.5. The van der Waals surface area contributed by atoms with Gasteiger partial charge in [0, 0.05) is 23.7 Å². The maximum Gasteiger partial charge on any atom is 0.337 e. The topological polar surface area (TPSA) is 66.9 Å². The summed E-state index contributed by atoms with van der Waals surface area (Å²) in [6, 6.07) is 7.62.